The quantitative estimate of drug-likeness (QED) is 0.858. The fourth-order valence-corrected chi connectivity index (χ4v) is 2.45. The topological polar surface area (TPSA) is 23.5 Å². The minimum Gasteiger partial charge on any atom is -0.393 e. The fraction of sp³-hybridized carbons (Fsp3) is 0.538. The number of halogens is 1. The molecule has 0 radical (unpaired) electrons. The predicted octanol–water partition coefficient (Wildman–Crippen LogP) is 2.86. The summed E-state index contributed by atoms with van der Waals surface area (Å²) < 4.78 is 0. The van der Waals surface area contributed by atoms with Crippen molar-refractivity contribution < 1.29 is 5.11 Å². The van der Waals surface area contributed by atoms with Crippen LogP contribution in [0.4, 0.5) is 0 Å². The van der Waals surface area contributed by atoms with Gasteiger partial charge in [0, 0.05) is 24.2 Å². The second-order valence-corrected chi connectivity index (χ2v) is 4.93. The molecule has 2 rings (SSSR count). The molecule has 1 aromatic carbocycles. The molecule has 1 saturated heterocycles. The zero-order chi connectivity index (χ0) is 11.5. The number of nitrogens with zero attached hydrogens (tertiary/aromatic N) is 1. The molecule has 1 fully saturated rings. The largest absolute Gasteiger partial charge is 0.393 e. The van der Waals surface area contributed by atoms with Gasteiger partial charge in [-0.05, 0) is 37.5 Å². The number of rotatable bonds is 2. The van der Waals surface area contributed by atoms with Crippen LogP contribution in [-0.2, 0) is 0 Å². The SMILES string of the molecule is C[C@@H](c1cccc(Cl)c1)N1CCC(O)CC1. The normalized spacial score (nSPS) is 20.9. The third-order valence-electron chi connectivity index (χ3n) is 3.38. The van der Waals surface area contributed by atoms with E-state index in [2.05, 4.69) is 17.9 Å². The highest BCUT2D eigenvalue weighted by Gasteiger charge is 2.22. The highest BCUT2D eigenvalue weighted by Crippen LogP contribution is 2.25. The second-order valence-electron chi connectivity index (χ2n) is 4.50. The van der Waals surface area contributed by atoms with Crippen LogP contribution in [0.2, 0.25) is 5.02 Å². The molecule has 0 spiro atoms. The van der Waals surface area contributed by atoms with E-state index in [4.69, 9.17) is 11.6 Å². The number of hydrogen-bond acceptors (Lipinski definition) is 2. The molecule has 0 unspecified atom stereocenters. The Bertz CT molecular complexity index is 348. The molecule has 16 heavy (non-hydrogen) atoms. The van der Waals surface area contributed by atoms with Gasteiger partial charge in [0.2, 0.25) is 0 Å². The molecule has 0 saturated carbocycles. The fourth-order valence-electron chi connectivity index (χ4n) is 2.25. The Morgan fingerprint density at radius 2 is 2.06 bits per heavy atom. The molecule has 1 aliphatic rings. The van der Waals surface area contributed by atoms with Crippen molar-refractivity contribution >= 4 is 11.6 Å². The minimum absolute atomic E-state index is 0.109. The van der Waals surface area contributed by atoms with E-state index < -0.39 is 0 Å². The Hall–Kier alpha value is -0.570. The summed E-state index contributed by atoms with van der Waals surface area (Å²) in [6.45, 7) is 4.13. The molecule has 3 heteroatoms. The Morgan fingerprint density at radius 1 is 1.38 bits per heavy atom. The Kier molecular flexibility index (Phi) is 3.85. The lowest BCUT2D eigenvalue weighted by Crippen LogP contribution is -2.37. The van der Waals surface area contributed by atoms with Crippen LogP contribution in [0.1, 0.15) is 31.4 Å². The third-order valence-corrected chi connectivity index (χ3v) is 3.61. The van der Waals surface area contributed by atoms with Gasteiger partial charge in [-0.3, -0.25) is 4.90 Å². The van der Waals surface area contributed by atoms with Gasteiger partial charge in [0.15, 0.2) is 0 Å². The second kappa shape index (κ2) is 5.17. The number of aliphatic hydroxyl groups excluding tert-OH is 1. The van der Waals surface area contributed by atoms with Gasteiger partial charge in [0.05, 0.1) is 6.10 Å². The summed E-state index contributed by atoms with van der Waals surface area (Å²) in [5, 5.41) is 10.3. The van der Waals surface area contributed by atoms with Gasteiger partial charge < -0.3 is 5.11 Å². The van der Waals surface area contributed by atoms with E-state index in [0.717, 1.165) is 31.0 Å². The third kappa shape index (κ3) is 2.76. The highest BCUT2D eigenvalue weighted by atomic mass is 35.5. The first-order valence-corrected chi connectivity index (χ1v) is 6.22. The highest BCUT2D eigenvalue weighted by molar-refractivity contribution is 6.30. The van der Waals surface area contributed by atoms with Crippen molar-refractivity contribution in [2.75, 3.05) is 13.1 Å². The van der Waals surface area contributed by atoms with Crippen molar-refractivity contribution in [2.24, 2.45) is 0 Å². The lowest BCUT2D eigenvalue weighted by Gasteiger charge is -2.34. The van der Waals surface area contributed by atoms with Crippen LogP contribution in [0.5, 0.6) is 0 Å². The molecule has 1 aliphatic heterocycles. The Morgan fingerprint density at radius 3 is 2.69 bits per heavy atom. The zero-order valence-corrected chi connectivity index (χ0v) is 10.3. The number of likely N-dealkylation sites (tertiary alicyclic amines) is 1. The average Bonchev–Trinajstić information content (AvgIpc) is 2.29. The summed E-state index contributed by atoms with van der Waals surface area (Å²) >= 11 is 5.99. The predicted molar refractivity (Wildman–Crippen MR) is 66.7 cm³/mol. The van der Waals surface area contributed by atoms with Crippen LogP contribution in [0.25, 0.3) is 0 Å². The number of piperidine rings is 1. The molecule has 0 bridgehead atoms. The standard InChI is InChI=1S/C13H18ClNO/c1-10(11-3-2-4-12(14)9-11)15-7-5-13(16)6-8-15/h2-4,9-10,13,16H,5-8H2,1H3/t10-/m0/s1. The van der Waals surface area contributed by atoms with Gasteiger partial charge in [0.1, 0.15) is 0 Å². The molecular formula is C13H18ClNO. The van der Waals surface area contributed by atoms with Crippen molar-refractivity contribution in [3.8, 4) is 0 Å². The van der Waals surface area contributed by atoms with Crippen molar-refractivity contribution in [3.05, 3.63) is 34.9 Å². The van der Waals surface area contributed by atoms with E-state index in [1.165, 1.54) is 5.56 Å². The maximum atomic E-state index is 9.48. The van der Waals surface area contributed by atoms with E-state index in [1.807, 2.05) is 18.2 Å². The Labute approximate surface area is 102 Å². The summed E-state index contributed by atoms with van der Waals surface area (Å²) in [7, 11) is 0. The van der Waals surface area contributed by atoms with E-state index in [0.29, 0.717) is 6.04 Å². The first-order valence-electron chi connectivity index (χ1n) is 5.84. The van der Waals surface area contributed by atoms with Crippen LogP contribution < -0.4 is 0 Å². The lowest BCUT2D eigenvalue weighted by atomic mass is 10.0. The smallest absolute Gasteiger partial charge is 0.0564 e. The summed E-state index contributed by atoms with van der Waals surface area (Å²) in [6.07, 6.45) is 1.65. The molecule has 0 aliphatic carbocycles. The van der Waals surface area contributed by atoms with Gasteiger partial charge in [-0.15, -0.1) is 0 Å². The first-order chi connectivity index (χ1) is 7.66. The zero-order valence-electron chi connectivity index (χ0n) is 9.56. The van der Waals surface area contributed by atoms with Crippen LogP contribution >= 0.6 is 11.6 Å². The molecule has 2 nitrogen and oxygen atoms in total. The molecule has 1 N–H and O–H groups in total. The maximum Gasteiger partial charge on any atom is 0.0564 e. The number of aliphatic hydroxyl groups is 1. The van der Waals surface area contributed by atoms with Gasteiger partial charge in [-0.25, -0.2) is 0 Å². The van der Waals surface area contributed by atoms with E-state index in [-0.39, 0.29) is 6.10 Å². The average molecular weight is 240 g/mol. The van der Waals surface area contributed by atoms with Crippen LogP contribution in [0, 0.1) is 0 Å². The van der Waals surface area contributed by atoms with Crippen molar-refractivity contribution in [1.82, 2.24) is 4.90 Å². The summed E-state index contributed by atoms with van der Waals surface area (Å²) in [5.74, 6) is 0. The van der Waals surface area contributed by atoms with Crippen LogP contribution in [0.3, 0.4) is 0 Å². The van der Waals surface area contributed by atoms with Crippen molar-refractivity contribution in [2.45, 2.75) is 31.9 Å². The summed E-state index contributed by atoms with van der Waals surface area (Å²) in [4.78, 5) is 2.40. The summed E-state index contributed by atoms with van der Waals surface area (Å²) in [6, 6.07) is 8.41. The maximum absolute atomic E-state index is 9.48. The number of hydrogen-bond donors (Lipinski definition) is 1. The van der Waals surface area contributed by atoms with Crippen molar-refractivity contribution in [1.29, 1.82) is 0 Å². The molecule has 1 aromatic rings. The van der Waals surface area contributed by atoms with E-state index in [1.54, 1.807) is 0 Å². The molecule has 1 heterocycles. The molecule has 0 amide bonds. The number of benzene rings is 1. The van der Waals surface area contributed by atoms with E-state index >= 15 is 0 Å². The van der Waals surface area contributed by atoms with Gasteiger partial charge in [-0.2, -0.15) is 0 Å². The van der Waals surface area contributed by atoms with Crippen LogP contribution in [0.15, 0.2) is 24.3 Å². The van der Waals surface area contributed by atoms with Crippen LogP contribution in [-0.4, -0.2) is 29.2 Å². The van der Waals surface area contributed by atoms with E-state index in [9.17, 15) is 5.11 Å². The summed E-state index contributed by atoms with van der Waals surface area (Å²) in [5.41, 5.74) is 1.25. The minimum atomic E-state index is -0.109. The molecule has 1 atom stereocenters. The lowest BCUT2D eigenvalue weighted by molar-refractivity contribution is 0.0645. The van der Waals surface area contributed by atoms with Gasteiger partial charge in [0.25, 0.3) is 0 Å². The molecule has 88 valence electrons. The van der Waals surface area contributed by atoms with Crippen molar-refractivity contribution in [3.63, 3.8) is 0 Å². The first kappa shape index (κ1) is 11.9. The van der Waals surface area contributed by atoms with Gasteiger partial charge >= 0.3 is 0 Å². The monoisotopic (exact) mass is 239 g/mol. The molecule has 0 aromatic heterocycles. The Balaban J connectivity index is 2.04. The molecular weight excluding hydrogens is 222 g/mol. The van der Waals surface area contributed by atoms with Gasteiger partial charge in [-0.1, -0.05) is 23.7 Å².